The summed E-state index contributed by atoms with van der Waals surface area (Å²) < 4.78 is 11.4. The quantitative estimate of drug-likeness (QED) is 0.872. The Hall–Kier alpha value is -1.30. The van der Waals surface area contributed by atoms with Crippen molar-refractivity contribution in [2.45, 2.75) is 25.4 Å². The molecule has 6 heteroatoms. The molecule has 0 bridgehead atoms. The van der Waals surface area contributed by atoms with Crippen LogP contribution >= 0.6 is 12.4 Å². The highest BCUT2D eigenvalue weighted by atomic mass is 35.5. The molecule has 1 saturated heterocycles. The van der Waals surface area contributed by atoms with Crippen LogP contribution in [-0.4, -0.2) is 31.8 Å². The zero-order valence-electron chi connectivity index (χ0n) is 11.3. The van der Waals surface area contributed by atoms with Crippen LogP contribution in [-0.2, 0) is 9.53 Å². The number of hydrogen-bond acceptors (Lipinski definition) is 4. The van der Waals surface area contributed by atoms with E-state index in [0.717, 1.165) is 19.4 Å². The first-order valence-electron chi connectivity index (χ1n) is 6.63. The van der Waals surface area contributed by atoms with E-state index in [0.29, 0.717) is 18.0 Å². The molecule has 112 valence electrons. The first kappa shape index (κ1) is 16.8. The number of nitrogens with one attached hydrogen (secondary N) is 1. The van der Waals surface area contributed by atoms with Crippen LogP contribution in [0.25, 0.3) is 0 Å². The molecule has 0 radical (unpaired) electrons. The van der Waals surface area contributed by atoms with E-state index in [1.54, 1.807) is 6.07 Å². The van der Waals surface area contributed by atoms with Crippen LogP contribution < -0.4 is 15.8 Å². The Morgan fingerprint density at radius 2 is 2.20 bits per heavy atom. The molecule has 0 aliphatic carbocycles. The molecule has 5 nitrogen and oxygen atoms in total. The highest BCUT2D eigenvalue weighted by Crippen LogP contribution is 2.24. The van der Waals surface area contributed by atoms with Gasteiger partial charge in [-0.3, -0.25) is 4.79 Å². The van der Waals surface area contributed by atoms with E-state index in [1.807, 2.05) is 18.2 Å². The van der Waals surface area contributed by atoms with Gasteiger partial charge in [0.1, 0.15) is 12.4 Å². The molecule has 0 aromatic heterocycles. The highest BCUT2D eigenvalue weighted by Gasteiger charge is 2.15. The average molecular weight is 301 g/mol. The van der Waals surface area contributed by atoms with Gasteiger partial charge in [0.2, 0.25) is 5.91 Å². The maximum absolute atomic E-state index is 11.3. The number of amides is 1. The summed E-state index contributed by atoms with van der Waals surface area (Å²) in [5.41, 5.74) is 5.93. The molecule has 0 saturated carbocycles. The Labute approximate surface area is 125 Å². The minimum Gasteiger partial charge on any atom is -0.489 e. The van der Waals surface area contributed by atoms with Crippen LogP contribution in [0.2, 0.25) is 0 Å². The molecule has 20 heavy (non-hydrogen) atoms. The third-order valence-electron chi connectivity index (χ3n) is 3.05. The lowest BCUT2D eigenvalue weighted by Gasteiger charge is -2.23. The van der Waals surface area contributed by atoms with E-state index in [-0.39, 0.29) is 31.0 Å². The van der Waals surface area contributed by atoms with Gasteiger partial charge >= 0.3 is 0 Å². The van der Waals surface area contributed by atoms with Crippen LogP contribution in [0.5, 0.6) is 5.75 Å². The van der Waals surface area contributed by atoms with Gasteiger partial charge in [0, 0.05) is 6.61 Å². The van der Waals surface area contributed by atoms with E-state index in [4.69, 9.17) is 15.2 Å². The average Bonchev–Trinajstić information content (AvgIpc) is 2.47. The van der Waals surface area contributed by atoms with Crippen molar-refractivity contribution in [3.63, 3.8) is 0 Å². The molecule has 1 fully saturated rings. The molecule has 1 aromatic rings. The van der Waals surface area contributed by atoms with Crippen molar-refractivity contribution in [1.29, 1.82) is 0 Å². The van der Waals surface area contributed by atoms with Crippen molar-refractivity contribution in [3.05, 3.63) is 24.3 Å². The minimum absolute atomic E-state index is 0. The Balaban J connectivity index is 0.00000200. The standard InChI is InChI=1S/C14H20N2O3.ClH/c15-9-14(17)16-12-6-1-2-7-13(12)19-10-11-5-3-4-8-18-11;/h1-2,6-7,11H,3-5,8-10,15H2,(H,16,17);1H. The lowest BCUT2D eigenvalue weighted by atomic mass is 10.1. The van der Waals surface area contributed by atoms with Gasteiger partial charge in [-0.2, -0.15) is 0 Å². The van der Waals surface area contributed by atoms with Crippen molar-refractivity contribution >= 4 is 24.0 Å². The van der Waals surface area contributed by atoms with Gasteiger partial charge in [0.25, 0.3) is 0 Å². The van der Waals surface area contributed by atoms with E-state index in [9.17, 15) is 4.79 Å². The summed E-state index contributed by atoms with van der Waals surface area (Å²) in [7, 11) is 0. The Kier molecular flexibility index (Phi) is 7.36. The fraction of sp³-hybridized carbons (Fsp3) is 0.500. The van der Waals surface area contributed by atoms with Crippen molar-refractivity contribution in [2.75, 3.05) is 25.1 Å². The molecule has 1 aliphatic rings. The van der Waals surface area contributed by atoms with Crippen LogP contribution in [0.15, 0.2) is 24.3 Å². The zero-order valence-corrected chi connectivity index (χ0v) is 12.2. The summed E-state index contributed by atoms with van der Waals surface area (Å²) in [4.78, 5) is 11.3. The predicted molar refractivity (Wildman–Crippen MR) is 80.5 cm³/mol. The van der Waals surface area contributed by atoms with Crippen LogP contribution in [0.3, 0.4) is 0 Å². The molecule has 1 aliphatic heterocycles. The van der Waals surface area contributed by atoms with E-state index < -0.39 is 0 Å². The van der Waals surface area contributed by atoms with Crippen molar-refractivity contribution < 1.29 is 14.3 Å². The summed E-state index contributed by atoms with van der Waals surface area (Å²) in [6.45, 7) is 1.27. The molecule has 1 aromatic carbocycles. The van der Waals surface area contributed by atoms with Crippen LogP contribution in [0.1, 0.15) is 19.3 Å². The number of hydrogen-bond donors (Lipinski definition) is 2. The fourth-order valence-corrected chi connectivity index (χ4v) is 2.02. The second-order valence-corrected chi connectivity index (χ2v) is 4.55. The van der Waals surface area contributed by atoms with Gasteiger partial charge < -0.3 is 20.5 Å². The predicted octanol–water partition coefficient (Wildman–Crippen LogP) is 1.95. The smallest absolute Gasteiger partial charge is 0.238 e. The lowest BCUT2D eigenvalue weighted by molar-refractivity contribution is -0.114. The molecule has 2 rings (SSSR count). The van der Waals surface area contributed by atoms with Crippen molar-refractivity contribution in [3.8, 4) is 5.75 Å². The Morgan fingerprint density at radius 3 is 2.90 bits per heavy atom. The summed E-state index contributed by atoms with van der Waals surface area (Å²) in [6, 6.07) is 7.34. The van der Waals surface area contributed by atoms with Gasteiger partial charge in [0.05, 0.1) is 18.3 Å². The molecule has 1 atom stereocenters. The molecule has 0 spiro atoms. The largest absolute Gasteiger partial charge is 0.489 e. The number of rotatable bonds is 5. The SMILES string of the molecule is Cl.NCC(=O)Nc1ccccc1OCC1CCCCO1. The molecular formula is C14H21ClN2O3. The van der Waals surface area contributed by atoms with Gasteiger partial charge in [0.15, 0.2) is 0 Å². The fourth-order valence-electron chi connectivity index (χ4n) is 2.02. The number of ether oxygens (including phenoxy) is 2. The third kappa shape index (κ3) is 5.00. The molecule has 3 N–H and O–H groups in total. The number of carbonyl (C=O) groups excluding carboxylic acids is 1. The van der Waals surface area contributed by atoms with E-state index >= 15 is 0 Å². The third-order valence-corrected chi connectivity index (χ3v) is 3.05. The molecule has 1 heterocycles. The topological polar surface area (TPSA) is 73.6 Å². The maximum Gasteiger partial charge on any atom is 0.238 e. The van der Waals surface area contributed by atoms with Gasteiger partial charge in [-0.1, -0.05) is 12.1 Å². The lowest BCUT2D eigenvalue weighted by Crippen LogP contribution is -2.26. The van der Waals surface area contributed by atoms with E-state index in [1.165, 1.54) is 6.42 Å². The van der Waals surface area contributed by atoms with Crippen molar-refractivity contribution in [2.24, 2.45) is 5.73 Å². The van der Waals surface area contributed by atoms with Crippen LogP contribution in [0.4, 0.5) is 5.69 Å². The monoisotopic (exact) mass is 300 g/mol. The minimum atomic E-state index is -0.232. The highest BCUT2D eigenvalue weighted by molar-refractivity contribution is 5.93. The summed E-state index contributed by atoms with van der Waals surface area (Å²) in [6.07, 6.45) is 3.48. The molecule has 1 unspecified atom stereocenters. The summed E-state index contributed by atoms with van der Waals surface area (Å²) in [5, 5.41) is 2.72. The number of benzene rings is 1. The maximum atomic E-state index is 11.3. The Bertz CT molecular complexity index is 423. The van der Waals surface area contributed by atoms with Gasteiger partial charge in [-0.05, 0) is 31.4 Å². The number of nitrogens with two attached hydrogens (primary N) is 1. The second-order valence-electron chi connectivity index (χ2n) is 4.55. The summed E-state index contributed by atoms with van der Waals surface area (Å²) in [5.74, 6) is 0.420. The molecule has 1 amide bonds. The number of halogens is 1. The van der Waals surface area contributed by atoms with Gasteiger partial charge in [-0.25, -0.2) is 0 Å². The van der Waals surface area contributed by atoms with Crippen molar-refractivity contribution in [1.82, 2.24) is 0 Å². The van der Waals surface area contributed by atoms with Crippen LogP contribution in [0, 0.1) is 0 Å². The first-order chi connectivity index (χ1) is 9.29. The number of para-hydroxylation sites is 2. The Morgan fingerprint density at radius 1 is 1.40 bits per heavy atom. The number of carbonyl (C=O) groups is 1. The first-order valence-corrected chi connectivity index (χ1v) is 6.63. The zero-order chi connectivity index (χ0) is 13.5. The second kappa shape index (κ2) is 8.79. The van der Waals surface area contributed by atoms with Gasteiger partial charge in [-0.15, -0.1) is 12.4 Å². The number of anilines is 1. The molecular weight excluding hydrogens is 280 g/mol. The summed E-state index contributed by atoms with van der Waals surface area (Å²) >= 11 is 0. The van der Waals surface area contributed by atoms with E-state index in [2.05, 4.69) is 5.32 Å². The normalized spacial score (nSPS) is 17.9.